The van der Waals surface area contributed by atoms with E-state index in [0.717, 1.165) is 44.9 Å². The van der Waals surface area contributed by atoms with Crippen molar-refractivity contribution in [2.45, 2.75) is 287 Å². The number of aliphatic hydroxyl groups excluding tert-OH is 6. The number of phosphoric ester groups is 1. The van der Waals surface area contributed by atoms with Crippen LogP contribution >= 0.6 is 7.82 Å². The highest BCUT2D eigenvalue weighted by Gasteiger charge is 2.51. The number of hydrogen-bond acceptors (Lipinski definition) is 10. The average Bonchev–Trinajstić information content (AvgIpc) is 3.25. The molecule has 0 aromatic rings. The maximum atomic E-state index is 12.9. The summed E-state index contributed by atoms with van der Waals surface area (Å²) in [4.78, 5) is 23.4. The fourth-order valence-corrected chi connectivity index (χ4v) is 9.34. The fourth-order valence-electron chi connectivity index (χ4n) is 8.38. The third-order valence-corrected chi connectivity index (χ3v) is 13.6. The van der Waals surface area contributed by atoms with Crippen LogP contribution in [0, 0.1) is 0 Å². The SMILES string of the molecule is CCCCCCCCC/C=C/[C@@H](O)[C@H](COP(=O)(O)OC1C(O)C(O)C(O)[C@@H](O)C1O)NC(=O)CCCCCCCCCCCCCCCCCCCCCCCCCCCC. The zero-order chi connectivity index (χ0) is 45.7. The number of allylic oxidation sites excluding steroid dienone is 1. The van der Waals surface area contributed by atoms with Gasteiger partial charge in [-0.25, -0.2) is 4.57 Å². The zero-order valence-corrected chi connectivity index (χ0v) is 40.3. The Balaban J connectivity index is 2.26. The molecule has 1 saturated carbocycles. The van der Waals surface area contributed by atoms with Crippen LogP contribution in [0.5, 0.6) is 0 Å². The summed E-state index contributed by atoms with van der Waals surface area (Å²) in [5, 5.41) is 63.9. The molecule has 1 aliphatic carbocycles. The average molecular weight is 906 g/mol. The highest BCUT2D eigenvalue weighted by molar-refractivity contribution is 7.47. The summed E-state index contributed by atoms with van der Waals surface area (Å²) < 4.78 is 22.9. The molecule has 0 spiro atoms. The molecule has 9 atom stereocenters. The van der Waals surface area contributed by atoms with E-state index in [1.807, 2.05) is 6.08 Å². The van der Waals surface area contributed by atoms with Crippen molar-refractivity contribution in [2.24, 2.45) is 0 Å². The van der Waals surface area contributed by atoms with Crippen molar-refractivity contribution in [1.29, 1.82) is 0 Å². The number of amides is 1. The molecule has 12 nitrogen and oxygen atoms in total. The molecule has 1 rings (SSSR count). The van der Waals surface area contributed by atoms with E-state index in [9.17, 15) is 44.9 Å². The minimum Gasteiger partial charge on any atom is -0.387 e. The molecular formula is C49H96NO11P. The first-order valence-corrected chi connectivity index (χ1v) is 27.1. The molecule has 13 heteroatoms. The van der Waals surface area contributed by atoms with Crippen LogP contribution in [0.15, 0.2) is 12.2 Å². The Kier molecular flexibility index (Phi) is 37.4. The number of carbonyl (C=O) groups excluding carboxylic acids is 1. The Bertz CT molecular complexity index is 1100. The van der Waals surface area contributed by atoms with Crippen LogP contribution in [0.3, 0.4) is 0 Å². The van der Waals surface area contributed by atoms with Gasteiger partial charge < -0.3 is 40.8 Å². The smallest absolute Gasteiger partial charge is 0.387 e. The lowest BCUT2D eigenvalue weighted by molar-refractivity contribution is -0.220. The number of phosphoric acid groups is 1. The Morgan fingerprint density at radius 2 is 0.855 bits per heavy atom. The van der Waals surface area contributed by atoms with E-state index in [1.165, 1.54) is 173 Å². The van der Waals surface area contributed by atoms with Gasteiger partial charge in [0.2, 0.25) is 5.91 Å². The second-order valence-corrected chi connectivity index (χ2v) is 19.8. The molecular weight excluding hydrogens is 810 g/mol. The summed E-state index contributed by atoms with van der Waals surface area (Å²) in [5.41, 5.74) is 0. The molecule has 0 bridgehead atoms. The minimum absolute atomic E-state index is 0.218. The van der Waals surface area contributed by atoms with Crippen LogP contribution in [0.1, 0.15) is 239 Å². The lowest BCUT2D eigenvalue weighted by Crippen LogP contribution is -2.64. The Labute approximate surface area is 378 Å². The first kappa shape index (κ1) is 59.1. The van der Waals surface area contributed by atoms with Crippen LogP contribution < -0.4 is 5.32 Å². The molecule has 1 fully saturated rings. The van der Waals surface area contributed by atoms with Gasteiger partial charge in [-0.15, -0.1) is 0 Å². The predicted molar refractivity (Wildman–Crippen MR) is 251 cm³/mol. The molecule has 0 aliphatic heterocycles. The van der Waals surface area contributed by atoms with E-state index in [-0.39, 0.29) is 12.3 Å². The molecule has 368 valence electrons. The molecule has 0 radical (unpaired) electrons. The molecule has 1 amide bonds. The maximum absolute atomic E-state index is 12.9. The molecule has 1 aliphatic rings. The van der Waals surface area contributed by atoms with Crippen molar-refractivity contribution in [3.8, 4) is 0 Å². The third kappa shape index (κ3) is 30.3. The van der Waals surface area contributed by atoms with Gasteiger partial charge in [0.05, 0.1) is 18.8 Å². The number of nitrogens with one attached hydrogen (secondary N) is 1. The van der Waals surface area contributed by atoms with Crippen molar-refractivity contribution in [1.82, 2.24) is 5.32 Å². The Hall–Kier alpha value is -0.920. The van der Waals surface area contributed by atoms with Crippen molar-refractivity contribution >= 4 is 13.7 Å². The minimum atomic E-state index is -5.07. The molecule has 0 heterocycles. The first-order chi connectivity index (χ1) is 29.9. The van der Waals surface area contributed by atoms with Crippen molar-refractivity contribution in [3.05, 3.63) is 12.2 Å². The number of aliphatic hydroxyl groups is 6. The molecule has 6 unspecified atom stereocenters. The third-order valence-electron chi connectivity index (χ3n) is 12.6. The summed E-state index contributed by atoms with van der Waals surface area (Å²) in [5.74, 6) is -0.338. The largest absolute Gasteiger partial charge is 0.472 e. The van der Waals surface area contributed by atoms with Gasteiger partial charge in [-0.05, 0) is 19.3 Å². The van der Waals surface area contributed by atoms with Gasteiger partial charge in [-0.3, -0.25) is 13.8 Å². The summed E-state index contributed by atoms with van der Waals surface area (Å²) in [6, 6.07) is -1.11. The van der Waals surface area contributed by atoms with Gasteiger partial charge in [0.15, 0.2) is 0 Å². The van der Waals surface area contributed by atoms with Crippen molar-refractivity contribution in [3.63, 3.8) is 0 Å². The fraction of sp³-hybridized carbons (Fsp3) is 0.939. The quantitative estimate of drug-likeness (QED) is 0.0164. The molecule has 0 saturated heterocycles. The van der Waals surface area contributed by atoms with Crippen LogP contribution in [0.2, 0.25) is 0 Å². The number of rotatable bonds is 43. The van der Waals surface area contributed by atoms with E-state index >= 15 is 0 Å². The number of carbonyl (C=O) groups is 1. The lowest BCUT2D eigenvalue weighted by Gasteiger charge is -2.41. The molecule has 0 aromatic heterocycles. The Morgan fingerprint density at radius 3 is 1.23 bits per heavy atom. The topological polar surface area (TPSA) is 206 Å². The molecule has 8 N–H and O–H groups in total. The molecule has 62 heavy (non-hydrogen) atoms. The highest BCUT2D eigenvalue weighted by atomic mass is 31.2. The zero-order valence-electron chi connectivity index (χ0n) is 39.4. The van der Waals surface area contributed by atoms with Gasteiger partial charge in [-0.2, -0.15) is 0 Å². The number of unbranched alkanes of at least 4 members (excludes halogenated alkanes) is 32. The normalized spacial score (nSPS) is 22.5. The summed E-state index contributed by atoms with van der Waals surface area (Å²) in [7, 11) is -5.07. The summed E-state index contributed by atoms with van der Waals surface area (Å²) >= 11 is 0. The monoisotopic (exact) mass is 906 g/mol. The standard InChI is InChI=1S/C49H96NO11P/c1-3-5-7-9-11-13-14-15-16-17-18-19-20-21-22-23-24-25-26-27-28-29-31-33-35-37-39-43(52)50-41(42(51)38-36-34-32-30-12-10-8-6-4-2)40-60-62(58,59)61-49-47(56)45(54)44(53)46(55)48(49)57/h36,38,41-42,44-49,51,53-57H,3-35,37,39-40H2,1-2H3,(H,50,52)(H,58,59)/b38-36+/t41-,42+,44?,45+,46?,47?,48?,49?/m0/s1. The van der Waals surface area contributed by atoms with Gasteiger partial charge in [0.25, 0.3) is 0 Å². The van der Waals surface area contributed by atoms with E-state index in [2.05, 4.69) is 19.2 Å². The van der Waals surface area contributed by atoms with Crippen LogP contribution in [0.4, 0.5) is 0 Å². The van der Waals surface area contributed by atoms with E-state index in [4.69, 9.17) is 9.05 Å². The number of hydrogen-bond donors (Lipinski definition) is 8. The highest BCUT2D eigenvalue weighted by Crippen LogP contribution is 2.47. The van der Waals surface area contributed by atoms with Gasteiger partial charge in [-0.1, -0.05) is 225 Å². The van der Waals surface area contributed by atoms with E-state index < -0.39 is 63.2 Å². The van der Waals surface area contributed by atoms with Gasteiger partial charge in [0, 0.05) is 6.42 Å². The van der Waals surface area contributed by atoms with E-state index in [1.54, 1.807) is 0 Å². The molecule has 0 aromatic carbocycles. The van der Waals surface area contributed by atoms with E-state index in [0.29, 0.717) is 6.42 Å². The van der Waals surface area contributed by atoms with Crippen LogP contribution in [-0.4, -0.2) is 96.8 Å². The van der Waals surface area contributed by atoms with Crippen LogP contribution in [-0.2, 0) is 18.4 Å². The lowest BCUT2D eigenvalue weighted by atomic mass is 9.85. The van der Waals surface area contributed by atoms with Crippen molar-refractivity contribution in [2.75, 3.05) is 6.61 Å². The van der Waals surface area contributed by atoms with Crippen molar-refractivity contribution < 1.29 is 53.9 Å². The second kappa shape index (κ2) is 39.3. The maximum Gasteiger partial charge on any atom is 0.472 e. The summed E-state index contributed by atoms with van der Waals surface area (Å²) in [6.07, 6.45) is 33.2. The Morgan fingerprint density at radius 1 is 0.532 bits per heavy atom. The van der Waals surface area contributed by atoms with Crippen LogP contribution in [0.25, 0.3) is 0 Å². The second-order valence-electron chi connectivity index (χ2n) is 18.4. The first-order valence-electron chi connectivity index (χ1n) is 25.6. The van der Waals surface area contributed by atoms with Gasteiger partial charge >= 0.3 is 7.82 Å². The summed E-state index contributed by atoms with van der Waals surface area (Å²) in [6.45, 7) is 3.82. The predicted octanol–water partition coefficient (Wildman–Crippen LogP) is 10.4. The van der Waals surface area contributed by atoms with Gasteiger partial charge in [0.1, 0.15) is 36.6 Å².